The van der Waals surface area contributed by atoms with Crippen LogP contribution in [0.5, 0.6) is 5.75 Å². The van der Waals surface area contributed by atoms with Crippen molar-refractivity contribution < 1.29 is 9.47 Å². The lowest BCUT2D eigenvalue weighted by atomic mass is 10.1. The molecule has 0 bridgehead atoms. The molecule has 0 amide bonds. The minimum atomic E-state index is 0.440. The van der Waals surface area contributed by atoms with E-state index in [0.717, 1.165) is 29.7 Å². The summed E-state index contributed by atoms with van der Waals surface area (Å²) in [6, 6.07) is 5.69. The van der Waals surface area contributed by atoms with Gasteiger partial charge >= 0.3 is 0 Å². The zero-order valence-corrected chi connectivity index (χ0v) is 11.4. The smallest absolute Gasteiger partial charge is 0.156 e. The van der Waals surface area contributed by atoms with E-state index >= 15 is 0 Å². The Morgan fingerprint density at radius 1 is 1.47 bits per heavy atom. The number of halogens is 1. The van der Waals surface area contributed by atoms with Crippen LogP contribution in [0.15, 0.2) is 22.7 Å². The molecule has 1 saturated heterocycles. The van der Waals surface area contributed by atoms with Crippen molar-refractivity contribution in [2.24, 2.45) is 0 Å². The molecule has 3 nitrogen and oxygen atoms in total. The number of anilines is 1. The molecule has 1 unspecified atom stereocenters. The SMILES string of the molecule is Nc1cccc(Br)c1OCCCC1CCCO1. The van der Waals surface area contributed by atoms with Crippen LogP contribution in [0.1, 0.15) is 25.7 Å². The molecule has 4 heteroatoms. The molecule has 1 aliphatic heterocycles. The van der Waals surface area contributed by atoms with Crippen molar-refractivity contribution in [3.63, 3.8) is 0 Å². The van der Waals surface area contributed by atoms with E-state index in [1.807, 2.05) is 18.2 Å². The van der Waals surface area contributed by atoms with E-state index in [0.29, 0.717) is 18.4 Å². The number of ether oxygens (including phenoxy) is 2. The first kappa shape index (κ1) is 12.7. The largest absolute Gasteiger partial charge is 0.490 e. The van der Waals surface area contributed by atoms with Gasteiger partial charge in [-0.25, -0.2) is 0 Å². The fourth-order valence-electron chi connectivity index (χ4n) is 2.04. The molecule has 1 aliphatic rings. The van der Waals surface area contributed by atoms with E-state index in [1.165, 1.54) is 12.8 Å². The van der Waals surface area contributed by atoms with Crippen LogP contribution in [-0.4, -0.2) is 19.3 Å². The molecule has 0 aliphatic carbocycles. The third-order valence-electron chi connectivity index (χ3n) is 2.94. The molecule has 2 N–H and O–H groups in total. The molecule has 94 valence electrons. The number of nitrogens with two attached hydrogens (primary N) is 1. The molecule has 0 saturated carbocycles. The molecule has 17 heavy (non-hydrogen) atoms. The zero-order chi connectivity index (χ0) is 12.1. The van der Waals surface area contributed by atoms with Gasteiger partial charge in [0.25, 0.3) is 0 Å². The molecular formula is C13H18BrNO2. The van der Waals surface area contributed by atoms with E-state index < -0.39 is 0 Å². The highest BCUT2D eigenvalue weighted by Crippen LogP contribution is 2.31. The zero-order valence-electron chi connectivity index (χ0n) is 9.82. The summed E-state index contributed by atoms with van der Waals surface area (Å²) >= 11 is 3.44. The molecule has 1 heterocycles. The molecular weight excluding hydrogens is 282 g/mol. The van der Waals surface area contributed by atoms with Crippen LogP contribution in [0.25, 0.3) is 0 Å². The predicted octanol–water partition coefficient (Wildman–Crippen LogP) is 3.37. The second-order valence-electron chi connectivity index (χ2n) is 4.28. The summed E-state index contributed by atoms with van der Waals surface area (Å²) in [6.07, 6.45) is 4.91. The van der Waals surface area contributed by atoms with Gasteiger partial charge in [-0.15, -0.1) is 0 Å². The lowest BCUT2D eigenvalue weighted by Gasteiger charge is -2.12. The van der Waals surface area contributed by atoms with Crippen molar-refractivity contribution in [2.75, 3.05) is 18.9 Å². The molecule has 1 fully saturated rings. The second kappa shape index (κ2) is 6.26. The summed E-state index contributed by atoms with van der Waals surface area (Å²) < 4.78 is 12.2. The lowest BCUT2D eigenvalue weighted by molar-refractivity contribution is 0.0981. The Balaban J connectivity index is 1.74. The van der Waals surface area contributed by atoms with Gasteiger partial charge in [0.15, 0.2) is 5.75 Å². The van der Waals surface area contributed by atoms with Gasteiger partial charge < -0.3 is 15.2 Å². The van der Waals surface area contributed by atoms with Crippen molar-refractivity contribution in [3.05, 3.63) is 22.7 Å². The summed E-state index contributed by atoms with van der Waals surface area (Å²) in [5.74, 6) is 0.750. The van der Waals surface area contributed by atoms with Gasteiger partial charge in [0.1, 0.15) is 0 Å². The summed E-state index contributed by atoms with van der Waals surface area (Å²) in [4.78, 5) is 0. The van der Waals surface area contributed by atoms with Gasteiger partial charge in [0, 0.05) is 6.61 Å². The van der Waals surface area contributed by atoms with Crippen LogP contribution in [0.2, 0.25) is 0 Å². The topological polar surface area (TPSA) is 44.5 Å². The van der Waals surface area contributed by atoms with Gasteiger partial charge in [0.05, 0.1) is 22.9 Å². The maximum absolute atomic E-state index is 5.85. The van der Waals surface area contributed by atoms with Crippen LogP contribution in [0.3, 0.4) is 0 Å². The molecule has 0 spiro atoms. The lowest BCUT2D eigenvalue weighted by Crippen LogP contribution is -2.08. The third-order valence-corrected chi connectivity index (χ3v) is 3.56. The fourth-order valence-corrected chi connectivity index (χ4v) is 2.53. The maximum Gasteiger partial charge on any atom is 0.156 e. The fraction of sp³-hybridized carbons (Fsp3) is 0.538. The Morgan fingerprint density at radius 2 is 2.35 bits per heavy atom. The summed E-state index contributed by atoms with van der Waals surface area (Å²) in [6.45, 7) is 1.61. The van der Waals surface area contributed by atoms with Crippen molar-refractivity contribution >= 4 is 21.6 Å². The van der Waals surface area contributed by atoms with Crippen molar-refractivity contribution in [1.29, 1.82) is 0 Å². The van der Waals surface area contributed by atoms with E-state index in [9.17, 15) is 0 Å². The number of benzene rings is 1. The summed E-state index contributed by atoms with van der Waals surface area (Å²) in [5.41, 5.74) is 6.52. The Hall–Kier alpha value is -0.740. The number of hydrogen-bond acceptors (Lipinski definition) is 3. The Labute approximate surface area is 110 Å². The highest BCUT2D eigenvalue weighted by Gasteiger charge is 2.14. The van der Waals surface area contributed by atoms with Crippen molar-refractivity contribution in [1.82, 2.24) is 0 Å². The maximum atomic E-state index is 5.85. The summed E-state index contributed by atoms with van der Waals surface area (Å²) in [7, 11) is 0. The van der Waals surface area contributed by atoms with Gasteiger partial charge in [-0.1, -0.05) is 6.07 Å². The highest BCUT2D eigenvalue weighted by atomic mass is 79.9. The normalized spacial score (nSPS) is 19.5. The van der Waals surface area contributed by atoms with Crippen LogP contribution in [0.4, 0.5) is 5.69 Å². The molecule has 2 rings (SSSR count). The molecule has 1 aromatic carbocycles. The quantitative estimate of drug-likeness (QED) is 0.670. The Kier molecular flexibility index (Phi) is 4.68. The summed E-state index contributed by atoms with van der Waals surface area (Å²) in [5, 5.41) is 0. The molecule has 1 atom stereocenters. The van der Waals surface area contributed by atoms with Crippen molar-refractivity contribution in [2.45, 2.75) is 31.8 Å². The van der Waals surface area contributed by atoms with E-state index in [2.05, 4.69) is 15.9 Å². The third kappa shape index (κ3) is 3.61. The van der Waals surface area contributed by atoms with Crippen LogP contribution >= 0.6 is 15.9 Å². The minimum absolute atomic E-state index is 0.440. The minimum Gasteiger partial charge on any atom is -0.490 e. The van der Waals surface area contributed by atoms with Gasteiger partial charge in [-0.3, -0.25) is 0 Å². The first-order valence-corrected chi connectivity index (χ1v) is 6.85. The Morgan fingerprint density at radius 3 is 3.06 bits per heavy atom. The first-order valence-electron chi connectivity index (χ1n) is 6.06. The average Bonchev–Trinajstić information content (AvgIpc) is 2.80. The van der Waals surface area contributed by atoms with Gasteiger partial charge in [-0.2, -0.15) is 0 Å². The van der Waals surface area contributed by atoms with E-state index in [4.69, 9.17) is 15.2 Å². The number of rotatable bonds is 5. The molecule has 0 aromatic heterocycles. The predicted molar refractivity (Wildman–Crippen MR) is 72.3 cm³/mol. The second-order valence-corrected chi connectivity index (χ2v) is 5.14. The standard InChI is InChI=1S/C13H18BrNO2/c14-11-6-1-7-12(15)13(11)17-9-3-5-10-4-2-8-16-10/h1,6-7,10H,2-5,8-9,15H2. The average molecular weight is 300 g/mol. The van der Waals surface area contributed by atoms with Crippen LogP contribution in [0, 0.1) is 0 Å². The molecule has 0 radical (unpaired) electrons. The first-order chi connectivity index (χ1) is 8.27. The van der Waals surface area contributed by atoms with Gasteiger partial charge in [-0.05, 0) is 53.7 Å². The number of hydrogen-bond donors (Lipinski definition) is 1. The number of nitrogen functional groups attached to an aromatic ring is 1. The molecule has 1 aromatic rings. The highest BCUT2D eigenvalue weighted by molar-refractivity contribution is 9.10. The van der Waals surface area contributed by atoms with E-state index in [1.54, 1.807) is 0 Å². The number of para-hydroxylation sites is 1. The van der Waals surface area contributed by atoms with Gasteiger partial charge in [0.2, 0.25) is 0 Å². The van der Waals surface area contributed by atoms with Crippen molar-refractivity contribution in [3.8, 4) is 5.75 Å². The van der Waals surface area contributed by atoms with E-state index in [-0.39, 0.29) is 0 Å². The Bertz CT molecular complexity index is 344. The van der Waals surface area contributed by atoms with Crippen LogP contribution < -0.4 is 10.5 Å². The van der Waals surface area contributed by atoms with Crippen LogP contribution in [-0.2, 0) is 4.74 Å². The monoisotopic (exact) mass is 299 g/mol.